The Labute approximate surface area is 84.6 Å². The zero-order valence-corrected chi connectivity index (χ0v) is 8.92. The fraction of sp³-hybridized carbons (Fsp3) is 0.667. The van der Waals surface area contributed by atoms with Gasteiger partial charge in [0.15, 0.2) is 9.84 Å². The number of rotatable bonds is 2. The third-order valence-corrected chi connectivity index (χ3v) is 4.70. The topological polar surface area (TPSA) is 68.3 Å². The van der Waals surface area contributed by atoms with E-state index in [4.69, 9.17) is 0 Å². The highest BCUT2D eigenvalue weighted by molar-refractivity contribution is 7.95. The molecule has 4 nitrogen and oxygen atoms in total. The van der Waals surface area contributed by atoms with Crippen molar-refractivity contribution < 1.29 is 30.0 Å². The third kappa shape index (κ3) is 2.94. The summed E-state index contributed by atoms with van der Waals surface area (Å²) >= 11 is 0. The molecule has 0 fully saturated rings. The van der Waals surface area contributed by atoms with Crippen molar-refractivity contribution in [2.75, 3.05) is 11.5 Å². The smallest absolute Gasteiger partial charge is 0.224 e. The molecule has 0 bridgehead atoms. The van der Waals surface area contributed by atoms with Crippen LogP contribution in [-0.4, -0.2) is 33.8 Å². The van der Waals surface area contributed by atoms with Crippen LogP contribution in [0, 0.1) is 0 Å². The molecule has 0 saturated heterocycles. The van der Waals surface area contributed by atoms with Crippen LogP contribution in [-0.2, 0) is 19.7 Å². The zero-order valence-electron chi connectivity index (χ0n) is 7.28. The largest absolute Gasteiger partial charge is 0.497 e. The third-order valence-electron chi connectivity index (χ3n) is 1.78. The van der Waals surface area contributed by atoms with Crippen LogP contribution in [0.1, 0.15) is 6.42 Å². The molecule has 88 valence electrons. The highest BCUT2D eigenvalue weighted by atomic mass is 32.2. The molecule has 0 amide bonds. The number of alkyl halides is 3. The molecular formula is C6H7F3O4S2. The van der Waals surface area contributed by atoms with E-state index in [1.54, 1.807) is 0 Å². The predicted octanol–water partition coefficient (Wildman–Crippen LogP) is 0.623. The van der Waals surface area contributed by atoms with Gasteiger partial charge in [0.25, 0.3) is 9.84 Å². The Morgan fingerprint density at radius 2 is 1.87 bits per heavy atom. The van der Waals surface area contributed by atoms with E-state index in [1.165, 1.54) is 0 Å². The summed E-state index contributed by atoms with van der Waals surface area (Å²) < 4.78 is 78.7. The van der Waals surface area contributed by atoms with Gasteiger partial charge in [-0.3, -0.25) is 0 Å². The first-order valence-electron chi connectivity index (χ1n) is 3.75. The van der Waals surface area contributed by atoms with Crippen molar-refractivity contribution in [3.05, 3.63) is 11.0 Å². The van der Waals surface area contributed by atoms with E-state index in [0.717, 1.165) is 0 Å². The molecule has 0 spiro atoms. The van der Waals surface area contributed by atoms with Gasteiger partial charge >= 0.3 is 5.51 Å². The van der Waals surface area contributed by atoms with Crippen LogP contribution in [0.3, 0.4) is 0 Å². The van der Waals surface area contributed by atoms with Crippen LogP contribution in [0.15, 0.2) is 11.0 Å². The van der Waals surface area contributed by atoms with Crippen LogP contribution in [0.25, 0.3) is 0 Å². The number of halogens is 3. The molecule has 15 heavy (non-hydrogen) atoms. The van der Waals surface area contributed by atoms with Crippen molar-refractivity contribution in [1.82, 2.24) is 0 Å². The lowest BCUT2D eigenvalue weighted by atomic mass is 10.3. The Balaban J connectivity index is 2.91. The number of sulfone groups is 2. The zero-order chi connectivity index (χ0) is 11.9. The van der Waals surface area contributed by atoms with Gasteiger partial charge in [-0.05, 0) is 12.0 Å². The maximum Gasteiger partial charge on any atom is 0.497 e. The van der Waals surface area contributed by atoms with Gasteiger partial charge in [-0.15, -0.1) is 0 Å². The minimum absolute atomic E-state index is 0.155. The van der Waals surface area contributed by atoms with Crippen molar-refractivity contribution in [2.45, 2.75) is 11.9 Å². The molecule has 9 heteroatoms. The minimum Gasteiger partial charge on any atom is -0.224 e. The van der Waals surface area contributed by atoms with E-state index < -0.39 is 30.9 Å². The molecule has 0 aliphatic carbocycles. The standard InChI is InChI=1S/C6H7F3O4S2/c7-6(8,9)15(12,13)4-5-1-2-14(10,11)3-5/h3H,1-2,4H2. The highest BCUT2D eigenvalue weighted by Crippen LogP contribution is 2.28. The molecule has 1 heterocycles. The van der Waals surface area contributed by atoms with E-state index in [-0.39, 0.29) is 17.7 Å². The van der Waals surface area contributed by atoms with Gasteiger partial charge in [-0.2, -0.15) is 13.2 Å². The Bertz CT molecular complexity index is 483. The maximum absolute atomic E-state index is 11.9. The van der Waals surface area contributed by atoms with Gasteiger partial charge in [-0.25, -0.2) is 16.8 Å². The van der Waals surface area contributed by atoms with Crippen molar-refractivity contribution in [3.63, 3.8) is 0 Å². The van der Waals surface area contributed by atoms with Crippen LogP contribution in [0.2, 0.25) is 0 Å². The lowest BCUT2D eigenvalue weighted by Gasteiger charge is -2.07. The molecule has 0 radical (unpaired) electrons. The van der Waals surface area contributed by atoms with E-state index in [9.17, 15) is 30.0 Å². The minimum atomic E-state index is -5.33. The van der Waals surface area contributed by atoms with Crippen LogP contribution < -0.4 is 0 Å². The van der Waals surface area contributed by atoms with Crippen molar-refractivity contribution in [2.24, 2.45) is 0 Å². The fourth-order valence-corrected chi connectivity index (χ4v) is 3.44. The molecule has 1 rings (SSSR count). The first-order chi connectivity index (χ1) is 6.54. The average molecular weight is 264 g/mol. The molecule has 1 aliphatic heterocycles. The SMILES string of the molecule is O=S1(=O)C=C(CS(=O)(=O)C(F)(F)F)CC1. The summed E-state index contributed by atoms with van der Waals surface area (Å²) in [6.45, 7) is 0. The Kier molecular flexibility index (Phi) is 2.90. The van der Waals surface area contributed by atoms with E-state index in [2.05, 4.69) is 0 Å². The lowest BCUT2D eigenvalue weighted by molar-refractivity contribution is -0.0433. The van der Waals surface area contributed by atoms with Crippen LogP contribution >= 0.6 is 0 Å². The van der Waals surface area contributed by atoms with Gasteiger partial charge in [0, 0.05) is 5.41 Å². The molecule has 0 unspecified atom stereocenters. The van der Waals surface area contributed by atoms with Gasteiger partial charge in [-0.1, -0.05) is 0 Å². The second kappa shape index (κ2) is 3.48. The second-order valence-electron chi connectivity index (χ2n) is 3.10. The highest BCUT2D eigenvalue weighted by Gasteiger charge is 2.46. The monoisotopic (exact) mass is 264 g/mol. The lowest BCUT2D eigenvalue weighted by Crippen LogP contribution is -2.26. The summed E-state index contributed by atoms with van der Waals surface area (Å²) in [6.07, 6.45) is -0.155. The molecule has 0 aromatic carbocycles. The number of hydrogen-bond acceptors (Lipinski definition) is 4. The Morgan fingerprint density at radius 3 is 2.20 bits per heavy atom. The van der Waals surface area contributed by atoms with Gasteiger partial charge in [0.1, 0.15) is 0 Å². The van der Waals surface area contributed by atoms with E-state index in [0.29, 0.717) is 5.41 Å². The summed E-state index contributed by atoms with van der Waals surface area (Å²) in [7, 11) is -8.77. The summed E-state index contributed by atoms with van der Waals surface area (Å²) in [6, 6.07) is 0. The van der Waals surface area contributed by atoms with Crippen LogP contribution in [0.5, 0.6) is 0 Å². The normalized spacial score (nSPS) is 21.4. The molecule has 0 aromatic heterocycles. The second-order valence-corrected chi connectivity index (χ2v) is 7.05. The van der Waals surface area contributed by atoms with Gasteiger partial charge < -0.3 is 0 Å². The van der Waals surface area contributed by atoms with Crippen LogP contribution in [0.4, 0.5) is 13.2 Å². The summed E-state index contributed by atoms with van der Waals surface area (Å²) in [5.74, 6) is -1.59. The fourth-order valence-electron chi connectivity index (χ4n) is 1.08. The van der Waals surface area contributed by atoms with E-state index >= 15 is 0 Å². The van der Waals surface area contributed by atoms with Crippen molar-refractivity contribution in [1.29, 1.82) is 0 Å². The Hall–Kier alpha value is -0.570. The summed E-state index contributed by atoms with van der Waals surface area (Å²) in [4.78, 5) is 0. The average Bonchev–Trinajstić information content (AvgIpc) is 2.26. The first kappa shape index (κ1) is 12.5. The molecular weight excluding hydrogens is 257 g/mol. The summed E-state index contributed by atoms with van der Waals surface area (Å²) in [5, 5.41) is 0.607. The molecule has 0 saturated carbocycles. The number of hydrogen-bond donors (Lipinski definition) is 0. The summed E-state index contributed by atoms with van der Waals surface area (Å²) in [5.41, 5.74) is -5.55. The van der Waals surface area contributed by atoms with Crippen molar-refractivity contribution in [3.8, 4) is 0 Å². The van der Waals surface area contributed by atoms with Crippen molar-refractivity contribution >= 4 is 19.7 Å². The quantitative estimate of drug-likeness (QED) is 0.733. The van der Waals surface area contributed by atoms with Gasteiger partial charge in [0.05, 0.1) is 11.5 Å². The Morgan fingerprint density at radius 1 is 1.33 bits per heavy atom. The van der Waals surface area contributed by atoms with E-state index in [1.807, 2.05) is 0 Å². The molecule has 0 N–H and O–H groups in total. The molecule has 0 atom stereocenters. The first-order valence-corrected chi connectivity index (χ1v) is 7.11. The maximum atomic E-state index is 11.9. The molecule has 1 aliphatic rings. The molecule has 0 aromatic rings. The van der Waals surface area contributed by atoms with Gasteiger partial charge in [0.2, 0.25) is 0 Å². The predicted molar refractivity (Wildman–Crippen MR) is 46.3 cm³/mol.